The van der Waals surface area contributed by atoms with Crippen LogP contribution in [0.2, 0.25) is 0 Å². The fourth-order valence-corrected chi connectivity index (χ4v) is 2.43. The van der Waals surface area contributed by atoms with E-state index in [-0.39, 0.29) is 5.91 Å². The Morgan fingerprint density at radius 3 is 2.89 bits per heavy atom. The SMILES string of the molecule is CCCC(=O)NCCCn1c(C)cc2ccccc21. The lowest BCUT2D eigenvalue weighted by atomic mass is 10.2. The van der Waals surface area contributed by atoms with E-state index in [1.165, 1.54) is 16.6 Å². The van der Waals surface area contributed by atoms with Crippen molar-refractivity contribution in [1.82, 2.24) is 9.88 Å². The molecule has 3 heteroatoms. The van der Waals surface area contributed by atoms with E-state index in [1.54, 1.807) is 0 Å². The fourth-order valence-electron chi connectivity index (χ4n) is 2.43. The van der Waals surface area contributed by atoms with Gasteiger partial charge in [-0.3, -0.25) is 4.79 Å². The van der Waals surface area contributed by atoms with Crippen LogP contribution < -0.4 is 5.32 Å². The molecule has 0 atom stereocenters. The van der Waals surface area contributed by atoms with Gasteiger partial charge in [-0.25, -0.2) is 0 Å². The van der Waals surface area contributed by atoms with Crippen molar-refractivity contribution in [2.75, 3.05) is 6.54 Å². The standard InChI is InChI=1S/C16H22N2O/c1-3-7-16(19)17-10-6-11-18-13(2)12-14-8-4-5-9-15(14)18/h4-5,8-9,12H,3,6-7,10-11H2,1-2H3,(H,17,19). The van der Waals surface area contributed by atoms with Crippen LogP contribution in [0.3, 0.4) is 0 Å². The van der Waals surface area contributed by atoms with Gasteiger partial charge >= 0.3 is 0 Å². The summed E-state index contributed by atoms with van der Waals surface area (Å²) in [5.41, 5.74) is 2.56. The summed E-state index contributed by atoms with van der Waals surface area (Å²) in [5, 5.41) is 4.25. The third kappa shape index (κ3) is 3.37. The monoisotopic (exact) mass is 258 g/mol. The molecule has 0 saturated heterocycles. The molecule has 2 aromatic rings. The molecule has 1 aromatic carbocycles. The first-order chi connectivity index (χ1) is 9.22. The van der Waals surface area contributed by atoms with Gasteiger partial charge in [-0.05, 0) is 37.3 Å². The van der Waals surface area contributed by atoms with E-state index < -0.39 is 0 Å². The molecule has 1 amide bonds. The molecule has 3 nitrogen and oxygen atoms in total. The summed E-state index contributed by atoms with van der Waals surface area (Å²) in [5.74, 6) is 0.164. The number of carbonyl (C=O) groups is 1. The van der Waals surface area contributed by atoms with Crippen LogP contribution in [0.5, 0.6) is 0 Å². The second-order valence-electron chi connectivity index (χ2n) is 4.95. The Morgan fingerprint density at radius 1 is 1.32 bits per heavy atom. The van der Waals surface area contributed by atoms with Gasteiger partial charge in [0.2, 0.25) is 5.91 Å². The van der Waals surface area contributed by atoms with Gasteiger partial charge in [0, 0.05) is 30.7 Å². The summed E-state index contributed by atoms with van der Waals surface area (Å²) in [6.07, 6.45) is 2.51. The predicted molar refractivity (Wildman–Crippen MR) is 79.2 cm³/mol. The molecule has 1 aromatic heterocycles. The van der Waals surface area contributed by atoms with Crippen molar-refractivity contribution in [3.8, 4) is 0 Å². The van der Waals surface area contributed by atoms with Gasteiger partial charge in [-0.2, -0.15) is 0 Å². The average molecular weight is 258 g/mol. The van der Waals surface area contributed by atoms with Crippen molar-refractivity contribution in [1.29, 1.82) is 0 Å². The number of benzene rings is 1. The van der Waals surface area contributed by atoms with Gasteiger partial charge < -0.3 is 9.88 Å². The lowest BCUT2D eigenvalue weighted by molar-refractivity contribution is -0.121. The molecule has 19 heavy (non-hydrogen) atoms. The summed E-state index contributed by atoms with van der Waals surface area (Å²) < 4.78 is 2.32. The summed E-state index contributed by atoms with van der Waals surface area (Å²) in [6, 6.07) is 10.6. The molecular weight excluding hydrogens is 236 g/mol. The normalized spacial score (nSPS) is 10.8. The average Bonchev–Trinajstić information content (AvgIpc) is 2.71. The number of nitrogens with one attached hydrogen (secondary N) is 1. The smallest absolute Gasteiger partial charge is 0.219 e. The van der Waals surface area contributed by atoms with E-state index in [9.17, 15) is 4.79 Å². The summed E-state index contributed by atoms with van der Waals surface area (Å²) >= 11 is 0. The van der Waals surface area contributed by atoms with Gasteiger partial charge in [0.15, 0.2) is 0 Å². The molecule has 0 saturated carbocycles. The van der Waals surface area contributed by atoms with Crippen molar-refractivity contribution in [3.63, 3.8) is 0 Å². The maximum Gasteiger partial charge on any atom is 0.219 e. The summed E-state index contributed by atoms with van der Waals surface area (Å²) in [7, 11) is 0. The van der Waals surface area contributed by atoms with Crippen molar-refractivity contribution in [3.05, 3.63) is 36.0 Å². The molecule has 0 aliphatic rings. The number of hydrogen-bond donors (Lipinski definition) is 1. The lowest BCUT2D eigenvalue weighted by Crippen LogP contribution is -2.24. The molecule has 0 fully saturated rings. The Balaban J connectivity index is 1.91. The number of para-hydroxylation sites is 1. The molecule has 0 bridgehead atoms. The van der Waals surface area contributed by atoms with Gasteiger partial charge in [-0.15, -0.1) is 0 Å². The minimum atomic E-state index is 0.164. The Morgan fingerprint density at radius 2 is 2.11 bits per heavy atom. The number of fused-ring (bicyclic) bond motifs is 1. The number of rotatable bonds is 6. The van der Waals surface area contributed by atoms with Crippen molar-refractivity contribution in [2.24, 2.45) is 0 Å². The highest BCUT2D eigenvalue weighted by Gasteiger charge is 2.04. The van der Waals surface area contributed by atoms with Crippen LogP contribution in [-0.2, 0) is 11.3 Å². The van der Waals surface area contributed by atoms with E-state index in [2.05, 4.69) is 47.1 Å². The van der Waals surface area contributed by atoms with Gasteiger partial charge in [-0.1, -0.05) is 25.1 Å². The molecule has 102 valence electrons. The predicted octanol–water partition coefficient (Wildman–Crippen LogP) is 3.26. The first kappa shape index (κ1) is 13.7. The lowest BCUT2D eigenvalue weighted by Gasteiger charge is -2.09. The molecule has 0 unspecified atom stereocenters. The van der Waals surface area contributed by atoms with Crippen LogP contribution in [0.4, 0.5) is 0 Å². The van der Waals surface area contributed by atoms with Crippen LogP contribution >= 0.6 is 0 Å². The Kier molecular flexibility index (Phi) is 4.61. The number of aromatic nitrogens is 1. The minimum Gasteiger partial charge on any atom is -0.356 e. The highest BCUT2D eigenvalue weighted by atomic mass is 16.1. The molecule has 2 rings (SSSR count). The molecule has 1 heterocycles. The van der Waals surface area contributed by atoms with Gasteiger partial charge in [0.25, 0.3) is 0 Å². The van der Waals surface area contributed by atoms with E-state index in [1.807, 2.05) is 6.92 Å². The van der Waals surface area contributed by atoms with Gasteiger partial charge in [0.05, 0.1) is 0 Å². The number of carbonyl (C=O) groups excluding carboxylic acids is 1. The van der Waals surface area contributed by atoms with E-state index >= 15 is 0 Å². The molecule has 0 radical (unpaired) electrons. The van der Waals surface area contributed by atoms with Gasteiger partial charge in [0.1, 0.15) is 0 Å². The maximum absolute atomic E-state index is 11.4. The Bertz CT molecular complexity index is 557. The highest BCUT2D eigenvalue weighted by molar-refractivity contribution is 5.81. The molecular formula is C16H22N2O. The van der Waals surface area contributed by atoms with Crippen LogP contribution in [0, 0.1) is 6.92 Å². The van der Waals surface area contributed by atoms with E-state index in [0.29, 0.717) is 6.42 Å². The Labute approximate surface area is 114 Å². The third-order valence-electron chi connectivity index (χ3n) is 3.38. The first-order valence-corrected chi connectivity index (χ1v) is 7.04. The van der Waals surface area contributed by atoms with Crippen LogP contribution in [0.25, 0.3) is 10.9 Å². The first-order valence-electron chi connectivity index (χ1n) is 7.04. The van der Waals surface area contributed by atoms with Crippen molar-refractivity contribution < 1.29 is 4.79 Å². The topological polar surface area (TPSA) is 34.0 Å². The highest BCUT2D eigenvalue weighted by Crippen LogP contribution is 2.19. The zero-order valence-corrected chi connectivity index (χ0v) is 11.8. The number of hydrogen-bond acceptors (Lipinski definition) is 1. The minimum absolute atomic E-state index is 0.164. The third-order valence-corrected chi connectivity index (χ3v) is 3.38. The van der Waals surface area contributed by atoms with Crippen LogP contribution in [-0.4, -0.2) is 17.0 Å². The summed E-state index contributed by atoms with van der Waals surface area (Å²) in [4.78, 5) is 11.4. The fraction of sp³-hybridized carbons (Fsp3) is 0.438. The second-order valence-corrected chi connectivity index (χ2v) is 4.95. The zero-order chi connectivity index (χ0) is 13.7. The molecule has 0 aliphatic heterocycles. The maximum atomic E-state index is 11.4. The van der Waals surface area contributed by atoms with Crippen molar-refractivity contribution in [2.45, 2.75) is 39.7 Å². The van der Waals surface area contributed by atoms with E-state index in [0.717, 1.165) is 25.9 Å². The van der Waals surface area contributed by atoms with E-state index in [4.69, 9.17) is 0 Å². The zero-order valence-electron chi connectivity index (χ0n) is 11.8. The number of nitrogens with zero attached hydrogens (tertiary/aromatic N) is 1. The largest absolute Gasteiger partial charge is 0.356 e. The number of aryl methyl sites for hydroxylation is 2. The van der Waals surface area contributed by atoms with Crippen LogP contribution in [0.15, 0.2) is 30.3 Å². The summed E-state index contributed by atoms with van der Waals surface area (Å²) in [6.45, 7) is 5.86. The van der Waals surface area contributed by atoms with Crippen LogP contribution in [0.1, 0.15) is 31.9 Å². The Hall–Kier alpha value is -1.77. The number of amides is 1. The molecule has 1 N–H and O–H groups in total. The molecule has 0 spiro atoms. The molecule has 0 aliphatic carbocycles. The quantitative estimate of drug-likeness (QED) is 0.793. The second kappa shape index (κ2) is 6.41. The van der Waals surface area contributed by atoms with Crippen molar-refractivity contribution >= 4 is 16.8 Å².